The van der Waals surface area contributed by atoms with Crippen LogP contribution in [0.3, 0.4) is 0 Å². The number of rotatable bonds is 8. The van der Waals surface area contributed by atoms with E-state index in [1.54, 1.807) is 20.8 Å². The Kier molecular flexibility index (Phi) is 7.66. The van der Waals surface area contributed by atoms with Crippen molar-refractivity contribution in [3.8, 4) is 5.75 Å². The van der Waals surface area contributed by atoms with Crippen molar-refractivity contribution in [2.75, 3.05) is 25.0 Å². The molecular formula is C20H22F4N2O4S. The standard InChI is InChI=1S/C20H22F4N2O4S/c1-4-26(5-2)31(28,29)15-7-9-18(13(3)10-15)30-12-19(27)25-14-6-8-17(21)16(11-14)20(22,23)24/h6-11H,4-5,12H2,1-3H3,(H,25,27). The predicted octanol–water partition coefficient (Wildman–Crippen LogP) is 4.20. The summed E-state index contributed by atoms with van der Waals surface area (Å²) < 4.78 is 83.4. The van der Waals surface area contributed by atoms with Gasteiger partial charge in [-0.1, -0.05) is 13.8 Å². The zero-order chi connectivity index (χ0) is 23.4. The third-order valence-corrected chi connectivity index (χ3v) is 6.45. The molecule has 2 rings (SSSR count). The lowest BCUT2D eigenvalue weighted by molar-refractivity contribution is -0.140. The minimum Gasteiger partial charge on any atom is -0.483 e. The Morgan fingerprint density at radius 3 is 2.29 bits per heavy atom. The molecule has 11 heteroatoms. The van der Waals surface area contributed by atoms with E-state index in [1.807, 2.05) is 0 Å². The summed E-state index contributed by atoms with van der Waals surface area (Å²) in [5.41, 5.74) is -1.27. The molecule has 0 saturated heterocycles. The minimum absolute atomic E-state index is 0.0801. The first-order valence-electron chi connectivity index (χ1n) is 9.30. The zero-order valence-electron chi connectivity index (χ0n) is 17.1. The molecule has 0 radical (unpaired) electrons. The van der Waals surface area contributed by atoms with Crippen molar-refractivity contribution in [1.29, 1.82) is 0 Å². The van der Waals surface area contributed by atoms with E-state index >= 15 is 0 Å². The second-order valence-corrected chi connectivity index (χ2v) is 8.48. The fourth-order valence-electron chi connectivity index (χ4n) is 2.82. The molecule has 0 saturated carbocycles. The molecule has 0 atom stereocenters. The van der Waals surface area contributed by atoms with Gasteiger partial charge in [-0.15, -0.1) is 0 Å². The zero-order valence-corrected chi connectivity index (χ0v) is 17.9. The molecule has 0 fully saturated rings. The largest absolute Gasteiger partial charge is 0.483 e. The molecule has 0 aliphatic heterocycles. The van der Waals surface area contributed by atoms with E-state index < -0.39 is 40.1 Å². The highest BCUT2D eigenvalue weighted by atomic mass is 32.2. The van der Waals surface area contributed by atoms with Crippen LogP contribution in [-0.4, -0.2) is 38.3 Å². The Balaban J connectivity index is 2.08. The molecule has 0 aliphatic carbocycles. The third kappa shape index (κ3) is 5.95. The van der Waals surface area contributed by atoms with E-state index in [4.69, 9.17) is 4.74 Å². The van der Waals surface area contributed by atoms with E-state index in [2.05, 4.69) is 5.32 Å². The second kappa shape index (κ2) is 9.65. The van der Waals surface area contributed by atoms with E-state index in [9.17, 15) is 30.8 Å². The highest BCUT2D eigenvalue weighted by Gasteiger charge is 2.34. The highest BCUT2D eigenvalue weighted by Crippen LogP contribution is 2.33. The highest BCUT2D eigenvalue weighted by molar-refractivity contribution is 7.89. The Bertz CT molecular complexity index is 1050. The molecule has 2 aromatic carbocycles. The molecule has 1 amide bonds. The number of anilines is 1. The maximum atomic E-state index is 13.3. The summed E-state index contributed by atoms with van der Waals surface area (Å²) in [6.45, 7) is 5.14. The van der Waals surface area contributed by atoms with E-state index in [-0.39, 0.29) is 16.3 Å². The molecule has 31 heavy (non-hydrogen) atoms. The Morgan fingerprint density at radius 1 is 1.10 bits per heavy atom. The predicted molar refractivity (Wildman–Crippen MR) is 107 cm³/mol. The van der Waals surface area contributed by atoms with Gasteiger partial charge in [0.2, 0.25) is 10.0 Å². The fourth-order valence-corrected chi connectivity index (χ4v) is 4.36. The lowest BCUT2D eigenvalue weighted by Crippen LogP contribution is -2.30. The lowest BCUT2D eigenvalue weighted by atomic mass is 10.2. The van der Waals surface area contributed by atoms with Gasteiger partial charge in [0, 0.05) is 18.8 Å². The molecule has 0 spiro atoms. The maximum Gasteiger partial charge on any atom is 0.419 e. The quantitative estimate of drug-likeness (QED) is 0.597. The molecule has 0 bridgehead atoms. The summed E-state index contributed by atoms with van der Waals surface area (Å²) in [4.78, 5) is 12.1. The Hall–Kier alpha value is -2.66. The average molecular weight is 462 g/mol. The van der Waals surface area contributed by atoms with E-state index in [0.717, 1.165) is 6.07 Å². The monoisotopic (exact) mass is 462 g/mol. The van der Waals surface area contributed by atoms with E-state index in [1.165, 1.54) is 22.5 Å². The molecule has 170 valence electrons. The summed E-state index contributed by atoms with van der Waals surface area (Å²) in [5.74, 6) is -1.97. The first-order chi connectivity index (χ1) is 14.4. The lowest BCUT2D eigenvalue weighted by Gasteiger charge is -2.19. The van der Waals surface area contributed by atoms with Gasteiger partial charge in [0.15, 0.2) is 6.61 Å². The minimum atomic E-state index is -4.90. The summed E-state index contributed by atoms with van der Waals surface area (Å²) in [6, 6.07) is 6.27. The number of aryl methyl sites for hydroxylation is 1. The molecule has 6 nitrogen and oxygen atoms in total. The van der Waals surface area contributed by atoms with Crippen LogP contribution in [0.2, 0.25) is 0 Å². The number of halogens is 4. The first-order valence-corrected chi connectivity index (χ1v) is 10.7. The molecule has 0 heterocycles. The van der Waals surface area contributed by atoms with Gasteiger partial charge in [0.25, 0.3) is 5.91 Å². The van der Waals surface area contributed by atoms with Gasteiger partial charge < -0.3 is 10.1 Å². The fraction of sp³-hybridized carbons (Fsp3) is 0.350. The maximum absolute atomic E-state index is 13.3. The van der Waals surface area contributed by atoms with Gasteiger partial charge in [0.05, 0.1) is 10.5 Å². The second-order valence-electron chi connectivity index (χ2n) is 6.55. The van der Waals surface area contributed by atoms with E-state index in [0.29, 0.717) is 30.8 Å². The average Bonchev–Trinajstić information content (AvgIpc) is 2.68. The molecule has 2 aromatic rings. The third-order valence-electron chi connectivity index (χ3n) is 4.40. The number of benzene rings is 2. The van der Waals surface area contributed by atoms with Crippen molar-refractivity contribution >= 4 is 21.6 Å². The van der Waals surface area contributed by atoms with Crippen LogP contribution in [0.4, 0.5) is 23.2 Å². The van der Waals surface area contributed by atoms with Crippen LogP contribution >= 0.6 is 0 Å². The molecule has 0 aromatic heterocycles. The van der Waals surface area contributed by atoms with Gasteiger partial charge in [-0.25, -0.2) is 12.8 Å². The van der Waals surface area contributed by atoms with Crippen LogP contribution in [-0.2, 0) is 21.0 Å². The van der Waals surface area contributed by atoms with Crippen molar-refractivity contribution in [3.05, 3.63) is 53.3 Å². The smallest absolute Gasteiger partial charge is 0.419 e. The Labute approximate surface area is 177 Å². The van der Waals surface area contributed by atoms with Crippen LogP contribution in [0.1, 0.15) is 25.0 Å². The van der Waals surface area contributed by atoms with Crippen molar-refractivity contribution in [1.82, 2.24) is 4.31 Å². The molecule has 0 unspecified atom stereocenters. The topological polar surface area (TPSA) is 75.7 Å². The van der Waals surface area contributed by atoms with Crippen LogP contribution < -0.4 is 10.1 Å². The van der Waals surface area contributed by atoms with Crippen molar-refractivity contribution in [2.24, 2.45) is 0 Å². The number of hydrogen-bond acceptors (Lipinski definition) is 4. The number of alkyl halides is 3. The van der Waals surface area contributed by atoms with Gasteiger partial charge in [-0.3, -0.25) is 4.79 Å². The number of carbonyl (C=O) groups is 1. The molecule has 0 aliphatic rings. The summed E-state index contributed by atoms with van der Waals surface area (Å²) in [5, 5.41) is 2.20. The van der Waals surface area contributed by atoms with Crippen molar-refractivity contribution in [3.63, 3.8) is 0 Å². The first kappa shape index (κ1) is 24.6. The van der Waals surface area contributed by atoms with Crippen molar-refractivity contribution < 1.29 is 35.5 Å². The summed E-state index contributed by atoms with van der Waals surface area (Å²) in [6.07, 6.45) is -4.90. The van der Waals surface area contributed by atoms with Gasteiger partial charge in [-0.2, -0.15) is 17.5 Å². The number of amides is 1. The van der Waals surface area contributed by atoms with Crippen LogP contribution in [0.25, 0.3) is 0 Å². The number of sulfonamides is 1. The molecular weight excluding hydrogens is 440 g/mol. The summed E-state index contributed by atoms with van der Waals surface area (Å²) >= 11 is 0. The number of nitrogens with zero attached hydrogens (tertiary/aromatic N) is 1. The Morgan fingerprint density at radius 2 is 1.74 bits per heavy atom. The summed E-state index contributed by atoms with van der Waals surface area (Å²) in [7, 11) is -3.66. The number of carbonyl (C=O) groups excluding carboxylic acids is 1. The SMILES string of the molecule is CCN(CC)S(=O)(=O)c1ccc(OCC(=O)Nc2ccc(F)c(C(F)(F)F)c2)c(C)c1. The number of nitrogens with one attached hydrogen (secondary N) is 1. The van der Waals surface area contributed by atoms with Gasteiger partial charge in [-0.05, 0) is 48.9 Å². The number of ether oxygens (including phenoxy) is 1. The van der Waals surface area contributed by atoms with Crippen LogP contribution in [0, 0.1) is 12.7 Å². The van der Waals surface area contributed by atoms with Gasteiger partial charge in [0.1, 0.15) is 11.6 Å². The van der Waals surface area contributed by atoms with Crippen LogP contribution in [0.15, 0.2) is 41.3 Å². The van der Waals surface area contributed by atoms with Gasteiger partial charge >= 0.3 is 6.18 Å². The van der Waals surface area contributed by atoms with Crippen molar-refractivity contribution in [2.45, 2.75) is 31.8 Å². The normalized spacial score (nSPS) is 12.1. The van der Waals surface area contributed by atoms with Crippen LogP contribution in [0.5, 0.6) is 5.75 Å². The molecule has 1 N–H and O–H groups in total. The number of hydrogen-bond donors (Lipinski definition) is 1.